The van der Waals surface area contributed by atoms with E-state index in [0.717, 1.165) is 24.8 Å². The molecule has 0 heterocycles. The zero-order valence-electron chi connectivity index (χ0n) is 9.38. The lowest BCUT2D eigenvalue weighted by Gasteiger charge is -2.14. The van der Waals surface area contributed by atoms with Gasteiger partial charge in [-0.15, -0.1) is 11.6 Å². The van der Waals surface area contributed by atoms with E-state index in [2.05, 4.69) is 0 Å². The fraction of sp³-hybridized carbons (Fsp3) is 0.538. The van der Waals surface area contributed by atoms with Gasteiger partial charge in [0, 0.05) is 5.38 Å². The maximum Gasteiger partial charge on any atom is 0.165 e. The molecule has 0 radical (unpaired) electrons. The van der Waals surface area contributed by atoms with Gasteiger partial charge in [0.2, 0.25) is 0 Å². The van der Waals surface area contributed by atoms with E-state index < -0.39 is 0 Å². The lowest BCUT2D eigenvalue weighted by Crippen LogP contribution is -2.10. The van der Waals surface area contributed by atoms with Crippen LogP contribution in [0.25, 0.3) is 0 Å². The average molecular weight is 243 g/mol. The Bertz CT molecular complexity index is 367. The molecular formula is C13H16ClFO. The molecule has 1 saturated carbocycles. The second kappa shape index (κ2) is 5.05. The fourth-order valence-electron chi connectivity index (χ4n) is 2.36. The molecule has 1 aliphatic carbocycles. The first-order valence-corrected chi connectivity index (χ1v) is 6.11. The predicted molar refractivity (Wildman–Crippen MR) is 63.6 cm³/mol. The first kappa shape index (κ1) is 11.7. The number of methoxy groups -OCH3 is 1. The molecule has 2 atom stereocenters. The zero-order chi connectivity index (χ0) is 11.5. The minimum Gasteiger partial charge on any atom is -0.494 e. The van der Waals surface area contributed by atoms with Gasteiger partial charge < -0.3 is 4.74 Å². The fourth-order valence-corrected chi connectivity index (χ4v) is 2.73. The van der Waals surface area contributed by atoms with E-state index in [-0.39, 0.29) is 11.2 Å². The SMILES string of the molecule is COc1ccc(CC2CCCC2Cl)cc1F. The monoisotopic (exact) mass is 242 g/mol. The Morgan fingerprint density at radius 2 is 2.25 bits per heavy atom. The van der Waals surface area contributed by atoms with Crippen molar-refractivity contribution in [3.8, 4) is 5.75 Å². The van der Waals surface area contributed by atoms with Gasteiger partial charge in [0.25, 0.3) is 0 Å². The van der Waals surface area contributed by atoms with Gasteiger partial charge in [0.1, 0.15) is 0 Å². The highest BCUT2D eigenvalue weighted by molar-refractivity contribution is 6.20. The van der Waals surface area contributed by atoms with Crippen molar-refractivity contribution in [2.45, 2.75) is 31.1 Å². The molecule has 0 saturated heterocycles. The van der Waals surface area contributed by atoms with Gasteiger partial charge in [-0.1, -0.05) is 12.5 Å². The largest absolute Gasteiger partial charge is 0.494 e. The summed E-state index contributed by atoms with van der Waals surface area (Å²) in [6, 6.07) is 5.16. The molecule has 16 heavy (non-hydrogen) atoms. The molecule has 1 fully saturated rings. The first-order chi connectivity index (χ1) is 7.70. The highest BCUT2D eigenvalue weighted by Gasteiger charge is 2.25. The van der Waals surface area contributed by atoms with Crippen LogP contribution < -0.4 is 4.74 Å². The Kier molecular flexibility index (Phi) is 3.70. The van der Waals surface area contributed by atoms with Gasteiger partial charge in [-0.25, -0.2) is 4.39 Å². The van der Waals surface area contributed by atoms with Crippen LogP contribution >= 0.6 is 11.6 Å². The number of rotatable bonds is 3. The molecule has 0 amide bonds. The standard InChI is InChI=1S/C13H16ClFO/c1-16-13-6-5-9(8-12(13)15)7-10-3-2-4-11(10)14/h5-6,8,10-11H,2-4,7H2,1H3. The molecule has 1 nitrogen and oxygen atoms in total. The molecule has 0 aliphatic heterocycles. The Morgan fingerprint density at radius 3 is 2.81 bits per heavy atom. The number of halogens is 2. The lowest BCUT2D eigenvalue weighted by molar-refractivity contribution is 0.386. The highest BCUT2D eigenvalue weighted by atomic mass is 35.5. The van der Waals surface area contributed by atoms with E-state index >= 15 is 0 Å². The summed E-state index contributed by atoms with van der Waals surface area (Å²) in [7, 11) is 1.48. The summed E-state index contributed by atoms with van der Waals surface area (Å²) >= 11 is 6.21. The van der Waals surface area contributed by atoms with Crippen LogP contribution in [0.1, 0.15) is 24.8 Å². The van der Waals surface area contributed by atoms with Crippen LogP contribution in [0.5, 0.6) is 5.75 Å². The number of hydrogen-bond donors (Lipinski definition) is 0. The van der Waals surface area contributed by atoms with Crippen molar-refractivity contribution in [3.63, 3.8) is 0 Å². The van der Waals surface area contributed by atoms with Crippen molar-refractivity contribution < 1.29 is 9.13 Å². The van der Waals surface area contributed by atoms with Crippen LogP contribution in [0.4, 0.5) is 4.39 Å². The van der Waals surface area contributed by atoms with E-state index in [9.17, 15) is 4.39 Å². The van der Waals surface area contributed by atoms with Gasteiger partial charge >= 0.3 is 0 Å². The second-order valence-electron chi connectivity index (χ2n) is 4.38. The summed E-state index contributed by atoms with van der Waals surface area (Å²) < 4.78 is 18.4. The van der Waals surface area contributed by atoms with E-state index in [1.54, 1.807) is 12.1 Å². The van der Waals surface area contributed by atoms with Gasteiger partial charge in [0.05, 0.1) is 7.11 Å². The Labute approximate surface area is 101 Å². The summed E-state index contributed by atoms with van der Waals surface area (Å²) in [4.78, 5) is 0. The second-order valence-corrected chi connectivity index (χ2v) is 4.94. The predicted octanol–water partition coefficient (Wildman–Crippen LogP) is 3.78. The molecule has 1 aromatic carbocycles. The molecule has 3 heteroatoms. The van der Waals surface area contributed by atoms with E-state index in [4.69, 9.17) is 16.3 Å². The van der Waals surface area contributed by atoms with Crippen molar-refractivity contribution in [1.29, 1.82) is 0 Å². The van der Waals surface area contributed by atoms with Crippen molar-refractivity contribution >= 4 is 11.6 Å². The van der Waals surface area contributed by atoms with Crippen molar-refractivity contribution in [3.05, 3.63) is 29.6 Å². The van der Waals surface area contributed by atoms with Crippen LogP contribution in [-0.2, 0) is 6.42 Å². The molecule has 0 bridgehead atoms. The van der Waals surface area contributed by atoms with Crippen molar-refractivity contribution in [2.75, 3.05) is 7.11 Å². The summed E-state index contributed by atoms with van der Waals surface area (Å²) in [5, 5.41) is 0.255. The number of alkyl halides is 1. The van der Waals surface area contributed by atoms with Crippen molar-refractivity contribution in [2.24, 2.45) is 5.92 Å². The third-order valence-electron chi connectivity index (χ3n) is 3.28. The number of ether oxygens (including phenoxy) is 1. The van der Waals surface area contributed by atoms with Gasteiger partial charge in [-0.05, 0) is 42.9 Å². The van der Waals surface area contributed by atoms with Gasteiger partial charge in [-0.2, -0.15) is 0 Å². The number of hydrogen-bond acceptors (Lipinski definition) is 1. The van der Waals surface area contributed by atoms with Crippen LogP contribution in [0, 0.1) is 11.7 Å². The summed E-state index contributed by atoms with van der Waals surface area (Å²) in [5.74, 6) is 0.510. The molecule has 2 unspecified atom stereocenters. The molecule has 1 aromatic rings. The summed E-state index contributed by atoms with van der Waals surface area (Å²) in [6.07, 6.45) is 4.30. The topological polar surface area (TPSA) is 9.23 Å². The normalized spacial score (nSPS) is 24.7. The zero-order valence-corrected chi connectivity index (χ0v) is 10.1. The third-order valence-corrected chi connectivity index (χ3v) is 3.85. The molecular weight excluding hydrogens is 227 g/mol. The lowest BCUT2D eigenvalue weighted by atomic mass is 9.97. The van der Waals surface area contributed by atoms with Gasteiger partial charge in [0.15, 0.2) is 11.6 Å². The third kappa shape index (κ3) is 2.49. The van der Waals surface area contributed by atoms with E-state index in [1.807, 2.05) is 6.07 Å². The van der Waals surface area contributed by atoms with Crippen molar-refractivity contribution in [1.82, 2.24) is 0 Å². The molecule has 88 valence electrons. The van der Waals surface area contributed by atoms with Crippen LogP contribution in [0.15, 0.2) is 18.2 Å². The smallest absolute Gasteiger partial charge is 0.165 e. The minimum absolute atomic E-state index is 0.255. The molecule has 2 rings (SSSR count). The van der Waals surface area contributed by atoms with Crippen LogP contribution in [-0.4, -0.2) is 12.5 Å². The van der Waals surface area contributed by atoms with E-state index in [0.29, 0.717) is 11.7 Å². The maximum absolute atomic E-state index is 13.5. The molecule has 0 spiro atoms. The van der Waals surface area contributed by atoms with E-state index in [1.165, 1.54) is 13.5 Å². The summed E-state index contributed by atoms with van der Waals surface area (Å²) in [5.41, 5.74) is 1.01. The van der Waals surface area contributed by atoms with Gasteiger partial charge in [-0.3, -0.25) is 0 Å². The number of benzene rings is 1. The highest BCUT2D eigenvalue weighted by Crippen LogP contribution is 2.33. The quantitative estimate of drug-likeness (QED) is 0.733. The van der Waals surface area contributed by atoms with Crippen LogP contribution in [0.3, 0.4) is 0 Å². The minimum atomic E-state index is -0.288. The Balaban J connectivity index is 2.07. The molecule has 1 aliphatic rings. The first-order valence-electron chi connectivity index (χ1n) is 5.67. The Morgan fingerprint density at radius 1 is 1.44 bits per heavy atom. The average Bonchev–Trinajstić information content (AvgIpc) is 2.65. The summed E-state index contributed by atoms with van der Waals surface area (Å²) in [6.45, 7) is 0. The maximum atomic E-state index is 13.5. The van der Waals surface area contributed by atoms with Crippen LogP contribution in [0.2, 0.25) is 0 Å². The Hall–Kier alpha value is -0.760. The molecule has 0 aromatic heterocycles. The molecule has 0 N–H and O–H groups in total.